The highest BCUT2D eigenvalue weighted by Crippen LogP contribution is 2.26. The summed E-state index contributed by atoms with van der Waals surface area (Å²) in [5.41, 5.74) is 1.43. The zero-order valence-corrected chi connectivity index (χ0v) is 14.8. The lowest BCUT2D eigenvalue weighted by atomic mass is 9.86. The molecule has 3 atom stereocenters. The first-order valence-electron chi connectivity index (χ1n) is 8.64. The molecule has 0 spiro atoms. The highest BCUT2D eigenvalue weighted by molar-refractivity contribution is 5.09. The highest BCUT2D eigenvalue weighted by atomic mass is 16.3. The molecule has 0 aromatic carbocycles. The molecular formula is C20H34O2. The maximum atomic E-state index is 10.5. The maximum absolute atomic E-state index is 10.5. The van der Waals surface area contributed by atoms with Crippen molar-refractivity contribution in [2.75, 3.05) is 0 Å². The number of aliphatic hydroxyl groups is 2. The van der Waals surface area contributed by atoms with Crippen LogP contribution in [-0.4, -0.2) is 21.9 Å². The molecule has 0 unspecified atom stereocenters. The van der Waals surface area contributed by atoms with Crippen LogP contribution in [0.2, 0.25) is 0 Å². The third-order valence-corrected chi connectivity index (χ3v) is 4.78. The fourth-order valence-corrected chi connectivity index (χ4v) is 2.87. The Morgan fingerprint density at radius 1 is 1.27 bits per heavy atom. The zero-order chi connectivity index (χ0) is 16.8. The van der Waals surface area contributed by atoms with Crippen LogP contribution in [0.4, 0.5) is 0 Å². The predicted molar refractivity (Wildman–Crippen MR) is 94.7 cm³/mol. The van der Waals surface area contributed by atoms with Crippen LogP contribution in [0.25, 0.3) is 0 Å². The standard InChI is InChI=1S/C20H34O2/c1-15(2)18-10-9-16(3)7-6-8-17(4)19(21)12-14-20(5,22)13-11-18/h7,11,13,15,18-19,21-22H,4,6,8-10,12,14H2,1-3,5H3/b13-11+,16-7+/t18-,19-,20+/m1/s1. The Morgan fingerprint density at radius 2 is 1.95 bits per heavy atom. The average Bonchev–Trinajstić information content (AvgIpc) is 2.43. The van der Waals surface area contributed by atoms with Gasteiger partial charge in [0.25, 0.3) is 0 Å². The van der Waals surface area contributed by atoms with Gasteiger partial charge in [0.2, 0.25) is 0 Å². The summed E-state index contributed by atoms with van der Waals surface area (Å²) in [6.45, 7) is 12.5. The number of allylic oxidation sites excluding steroid dienone is 3. The molecule has 126 valence electrons. The molecule has 1 aliphatic rings. The van der Waals surface area contributed by atoms with Crippen molar-refractivity contribution in [2.45, 2.75) is 77.9 Å². The molecule has 0 saturated carbocycles. The third-order valence-electron chi connectivity index (χ3n) is 4.78. The summed E-state index contributed by atoms with van der Waals surface area (Å²) in [5.74, 6) is 1.05. The largest absolute Gasteiger partial charge is 0.389 e. The summed E-state index contributed by atoms with van der Waals surface area (Å²) in [6, 6.07) is 0. The van der Waals surface area contributed by atoms with Gasteiger partial charge in [0.15, 0.2) is 0 Å². The van der Waals surface area contributed by atoms with E-state index in [1.54, 1.807) is 0 Å². The highest BCUT2D eigenvalue weighted by Gasteiger charge is 2.21. The molecule has 0 bridgehead atoms. The van der Waals surface area contributed by atoms with Gasteiger partial charge in [-0.25, -0.2) is 0 Å². The topological polar surface area (TPSA) is 40.5 Å². The minimum Gasteiger partial charge on any atom is -0.389 e. The number of aliphatic hydroxyl groups excluding tert-OH is 1. The van der Waals surface area contributed by atoms with Crippen molar-refractivity contribution in [3.8, 4) is 0 Å². The number of rotatable bonds is 1. The van der Waals surface area contributed by atoms with Crippen molar-refractivity contribution < 1.29 is 10.2 Å². The van der Waals surface area contributed by atoms with Gasteiger partial charge in [-0.1, -0.05) is 44.2 Å². The molecule has 1 rings (SSSR count). The summed E-state index contributed by atoms with van der Waals surface area (Å²) in [6.07, 6.45) is 11.0. The number of hydrogen-bond acceptors (Lipinski definition) is 2. The van der Waals surface area contributed by atoms with Gasteiger partial charge in [-0.15, -0.1) is 0 Å². The molecule has 0 aliphatic heterocycles. The molecule has 0 fully saturated rings. The first kappa shape index (κ1) is 19.2. The smallest absolute Gasteiger partial charge is 0.0800 e. The lowest BCUT2D eigenvalue weighted by molar-refractivity contribution is 0.0794. The Hall–Kier alpha value is -0.860. The van der Waals surface area contributed by atoms with E-state index in [0.29, 0.717) is 24.7 Å². The molecule has 2 nitrogen and oxygen atoms in total. The molecule has 22 heavy (non-hydrogen) atoms. The lowest BCUT2D eigenvalue weighted by Gasteiger charge is -2.24. The van der Waals surface area contributed by atoms with Gasteiger partial charge < -0.3 is 10.2 Å². The monoisotopic (exact) mass is 306 g/mol. The second-order valence-electron chi connectivity index (χ2n) is 7.46. The lowest BCUT2D eigenvalue weighted by Crippen LogP contribution is -2.24. The number of hydrogen-bond donors (Lipinski definition) is 2. The predicted octanol–water partition coefficient (Wildman–Crippen LogP) is 4.78. The van der Waals surface area contributed by atoms with E-state index in [4.69, 9.17) is 0 Å². The van der Waals surface area contributed by atoms with Crippen molar-refractivity contribution in [2.24, 2.45) is 11.8 Å². The van der Waals surface area contributed by atoms with Gasteiger partial charge in [-0.3, -0.25) is 0 Å². The van der Waals surface area contributed by atoms with E-state index in [1.807, 2.05) is 13.0 Å². The minimum absolute atomic E-state index is 0.484. The second kappa shape index (κ2) is 8.69. The fourth-order valence-electron chi connectivity index (χ4n) is 2.87. The summed E-state index contributed by atoms with van der Waals surface area (Å²) in [5, 5.41) is 20.7. The average molecular weight is 306 g/mol. The van der Waals surface area contributed by atoms with E-state index < -0.39 is 11.7 Å². The van der Waals surface area contributed by atoms with E-state index >= 15 is 0 Å². The quantitative estimate of drug-likeness (QED) is 0.684. The fraction of sp³-hybridized carbons (Fsp3) is 0.700. The molecule has 0 saturated heterocycles. The Labute approximate surface area is 136 Å². The maximum Gasteiger partial charge on any atom is 0.0800 e. The van der Waals surface area contributed by atoms with Crippen LogP contribution in [0.5, 0.6) is 0 Å². The van der Waals surface area contributed by atoms with Crippen molar-refractivity contribution in [1.82, 2.24) is 0 Å². The van der Waals surface area contributed by atoms with E-state index in [-0.39, 0.29) is 0 Å². The van der Waals surface area contributed by atoms with Crippen LogP contribution in [0.3, 0.4) is 0 Å². The van der Waals surface area contributed by atoms with Crippen LogP contribution < -0.4 is 0 Å². The minimum atomic E-state index is -0.858. The molecule has 2 N–H and O–H groups in total. The zero-order valence-electron chi connectivity index (χ0n) is 14.8. The first-order chi connectivity index (χ1) is 10.2. The molecule has 0 amide bonds. The van der Waals surface area contributed by atoms with Crippen LogP contribution in [0, 0.1) is 11.8 Å². The molecule has 0 aromatic heterocycles. The molecule has 0 radical (unpaired) electrons. The third kappa shape index (κ3) is 6.93. The Kier molecular flexibility index (Phi) is 7.58. The van der Waals surface area contributed by atoms with Gasteiger partial charge in [-0.05, 0) is 69.8 Å². The van der Waals surface area contributed by atoms with Gasteiger partial charge in [-0.2, -0.15) is 0 Å². The Balaban J connectivity index is 2.89. The van der Waals surface area contributed by atoms with Crippen LogP contribution in [0.15, 0.2) is 36.0 Å². The molecule has 1 aliphatic carbocycles. The van der Waals surface area contributed by atoms with Gasteiger partial charge in [0.05, 0.1) is 11.7 Å². The van der Waals surface area contributed by atoms with Crippen molar-refractivity contribution in [1.29, 1.82) is 0 Å². The Bertz CT molecular complexity index is 415. The van der Waals surface area contributed by atoms with E-state index in [1.165, 1.54) is 5.57 Å². The van der Waals surface area contributed by atoms with Crippen molar-refractivity contribution in [3.63, 3.8) is 0 Å². The van der Waals surface area contributed by atoms with E-state index in [2.05, 4.69) is 39.5 Å². The molecule has 2 heteroatoms. The SMILES string of the molecule is C=C1CC/C=C(\C)CC[C@@H](C(C)C)/C=C/[C@](C)(O)CC[C@H]1O. The second-order valence-corrected chi connectivity index (χ2v) is 7.46. The van der Waals surface area contributed by atoms with Crippen molar-refractivity contribution in [3.05, 3.63) is 36.0 Å². The Morgan fingerprint density at radius 3 is 2.59 bits per heavy atom. The summed E-state index contributed by atoms with van der Waals surface area (Å²) in [7, 11) is 0. The van der Waals surface area contributed by atoms with Crippen LogP contribution >= 0.6 is 0 Å². The summed E-state index contributed by atoms with van der Waals surface area (Å²) in [4.78, 5) is 0. The van der Waals surface area contributed by atoms with Crippen LogP contribution in [0.1, 0.15) is 66.2 Å². The van der Waals surface area contributed by atoms with E-state index in [0.717, 1.165) is 31.3 Å². The van der Waals surface area contributed by atoms with Gasteiger partial charge in [0.1, 0.15) is 0 Å². The molecular weight excluding hydrogens is 272 g/mol. The molecule has 0 aromatic rings. The van der Waals surface area contributed by atoms with Gasteiger partial charge in [0, 0.05) is 0 Å². The van der Waals surface area contributed by atoms with Gasteiger partial charge >= 0.3 is 0 Å². The summed E-state index contributed by atoms with van der Waals surface area (Å²) < 4.78 is 0. The first-order valence-corrected chi connectivity index (χ1v) is 8.64. The van der Waals surface area contributed by atoms with Crippen LogP contribution in [-0.2, 0) is 0 Å². The normalized spacial score (nSPS) is 36.5. The van der Waals surface area contributed by atoms with E-state index in [9.17, 15) is 10.2 Å². The van der Waals surface area contributed by atoms with Crippen molar-refractivity contribution >= 4 is 0 Å². The summed E-state index contributed by atoms with van der Waals surface area (Å²) >= 11 is 0. The molecule has 0 heterocycles.